The molecule has 9 heteroatoms. The number of benzene rings is 2. The van der Waals surface area contributed by atoms with Crippen LogP contribution in [0.1, 0.15) is 18.1 Å². The molecule has 29 heavy (non-hydrogen) atoms. The van der Waals surface area contributed by atoms with Crippen molar-refractivity contribution in [1.82, 2.24) is 14.1 Å². The van der Waals surface area contributed by atoms with E-state index in [4.69, 9.17) is 23.2 Å². The molecule has 0 bridgehead atoms. The Bertz CT molecular complexity index is 1190. The van der Waals surface area contributed by atoms with Gasteiger partial charge in [0.25, 0.3) is 5.56 Å². The molecule has 0 spiro atoms. The van der Waals surface area contributed by atoms with Gasteiger partial charge in [-0.3, -0.25) is 4.79 Å². The van der Waals surface area contributed by atoms with E-state index in [0.717, 1.165) is 15.8 Å². The second-order valence-corrected chi connectivity index (χ2v) is 9.16. The fraction of sp³-hybridized carbons (Fsp3) is 0.200. The highest BCUT2D eigenvalue weighted by atomic mass is 35.5. The molecule has 0 aliphatic rings. The van der Waals surface area contributed by atoms with Gasteiger partial charge in [0.2, 0.25) is 10.0 Å². The van der Waals surface area contributed by atoms with E-state index < -0.39 is 15.6 Å². The van der Waals surface area contributed by atoms with Crippen molar-refractivity contribution < 1.29 is 8.42 Å². The van der Waals surface area contributed by atoms with Gasteiger partial charge in [-0.2, -0.15) is 14.1 Å². The van der Waals surface area contributed by atoms with Crippen LogP contribution in [0.4, 0.5) is 0 Å². The maximum atomic E-state index is 13.1. The molecule has 0 aliphatic carbocycles. The summed E-state index contributed by atoms with van der Waals surface area (Å²) in [5.41, 5.74) is 1.79. The van der Waals surface area contributed by atoms with Gasteiger partial charge >= 0.3 is 0 Å². The number of aryl methyl sites for hydroxylation is 1. The van der Waals surface area contributed by atoms with Crippen LogP contribution < -0.4 is 5.56 Å². The molecule has 0 saturated carbocycles. The van der Waals surface area contributed by atoms with E-state index in [1.165, 1.54) is 34.8 Å². The molecular weight excluding hydrogens is 433 g/mol. The molecule has 1 heterocycles. The summed E-state index contributed by atoms with van der Waals surface area (Å²) >= 11 is 11.7. The lowest BCUT2D eigenvalue weighted by molar-refractivity contribution is 0.423. The van der Waals surface area contributed by atoms with Gasteiger partial charge in [0, 0.05) is 13.1 Å². The van der Waals surface area contributed by atoms with Crippen molar-refractivity contribution in [3.8, 4) is 5.69 Å². The molecule has 0 atom stereocenters. The first-order valence-electron chi connectivity index (χ1n) is 8.83. The van der Waals surface area contributed by atoms with Gasteiger partial charge in [-0.15, -0.1) is 0 Å². The molecule has 0 saturated heterocycles. The van der Waals surface area contributed by atoms with E-state index in [-0.39, 0.29) is 21.5 Å². The third kappa shape index (κ3) is 4.53. The molecule has 6 nitrogen and oxygen atoms in total. The van der Waals surface area contributed by atoms with Crippen molar-refractivity contribution in [2.24, 2.45) is 0 Å². The van der Waals surface area contributed by atoms with Crippen LogP contribution >= 0.6 is 23.2 Å². The smallest absolute Gasteiger partial charge is 0.266 e. The summed E-state index contributed by atoms with van der Waals surface area (Å²) in [5, 5.41) is 3.86. The van der Waals surface area contributed by atoms with E-state index in [1.807, 2.05) is 31.2 Å². The van der Waals surface area contributed by atoms with Crippen LogP contribution in [0.3, 0.4) is 0 Å². The van der Waals surface area contributed by atoms with Gasteiger partial charge in [-0.1, -0.05) is 60.0 Å². The fourth-order valence-corrected chi connectivity index (χ4v) is 4.58. The topological polar surface area (TPSA) is 72.3 Å². The van der Waals surface area contributed by atoms with E-state index in [9.17, 15) is 13.2 Å². The summed E-state index contributed by atoms with van der Waals surface area (Å²) in [6.07, 6.45) is 1.26. The molecule has 0 unspecified atom stereocenters. The van der Waals surface area contributed by atoms with Crippen LogP contribution in [0.25, 0.3) is 5.69 Å². The Kier molecular flexibility index (Phi) is 6.43. The highest BCUT2D eigenvalue weighted by Gasteiger charge is 2.23. The first-order valence-corrected chi connectivity index (χ1v) is 11.0. The van der Waals surface area contributed by atoms with Crippen molar-refractivity contribution in [2.45, 2.75) is 25.3 Å². The number of hydrogen-bond donors (Lipinski definition) is 0. The summed E-state index contributed by atoms with van der Waals surface area (Å²) in [6.45, 7) is 4.36. The molecule has 0 radical (unpaired) electrons. The molecule has 3 aromatic rings. The minimum atomic E-state index is -3.71. The van der Waals surface area contributed by atoms with E-state index in [1.54, 1.807) is 6.92 Å². The van der Waals surface area contributed by atoms with Crippen LogP contribution in [-0.4, -0.2) is 29.0 Å². The molecule has 0 amide bonds. The van der Waals surface area contributed by atoms with Gasteiger partial charge in [-0.25, -0.2) is 8.42 Å². The number of rotatable bonds is 6. The van der Waals surface area contributed by atoms with Gasteiger partial charge < -0.3 is 0 Å². The average molecular weight is 452 g/mol. The Morgan fingerprint density at radius 1 is 1.10 bits per heavy atom. The molecule has 0 aliphatic heterocycles. The maximum Gasteiger partial charge on any atom is 0.291 e. The van der Waals surface area contributed by atoms with Crippen LogP contribution in [0.5, 0.6) is 0 Å². The normalized spacial score (nSPS) is 11.8. The van der Waals surface area contributed by atoms with Crippen molar-refractivity contribution in [1.29, 1.82) is 0 Å². The van der Waals surface area contributed by atoms with Gasteiger partial charge in [-0.05, 0) is 36.8 Å². The summed E-state index contributed by atoms with van der Waals surface area (Å²) in [5.74, 6) is 0. The Hall–Kier alpha value is -2.19. The third-order valence-corrected chi connectivity index (χ3v) is 7.07. The number of hydrogen-bond acceptors (Lipinski definition) is 4. The molecule has 152 valence electrons. The van der Waals surface area contributed by atoms with E-state index in [2.05, 4.69) is 5.10 Å². The molecule has 0 N–H and O–H groups in total. The van der Waals surface area contributed by atoms with Crippen LogP contribution in [0.2, 0.25) is 10.0 Å². The first kappa shape index (κ1) is 21.5. The quantitative estimate of drug-likeness (QED) is 0.566. The monoisotopic (exact) mass is 451 g/mol. The summed E-state index contributed by atoms with van der Waals surface area (Å²) < 4.78 is 28.6. The second kappa shape index (κ2) is 8.67. The Morgan fingerprint density at radius 3 is 2.41 bits per heavy atom. The summed E-state index contributed by atoms with van der Waals surface area (Å²) in [7, 11) is -3.71. The largest absolute Gasteiger partial charge is 0.291 e. The van der Waals surface area contributed by atoms with Crippen LogP contribution in [0.15, 0.2) is 64.4 Å². The lowest BCUT2D eigenvalue weighted by Gasteiger charge is -2.21. The fourth-order valence-electron chi connectivity index (χ4n) is 2.89. The molecular formula is C20H19Cl2N3O3S. The lowest BCUT2D eigenvalue weighted by atomic mass is 10.1. The Balaban J connectivity index is 1.91. The van der Waals surface area contributed by atoms with Gasteiger partial charge in [0.1, 0.15) is 5.02 Å². The van der Waals surface area contributed by atoms with E-state index >= 15 is 0 Å². The molecule has 0 fully saturated rings. The number of nitrogens with zero attached hydrogens (tertiary/aromatic N) is 3. The van der Waals surface area contributed by atoms with Crippen molar-refractivity contribution in [3.63, 3.8) is 0 Å². The minimum absolute atomic E-state index is 0.0573. The van der Waals surface area contributed by atoms with Crippen LogP contribution in [-0.2, 0) is 16.6 Å². The van der Waals surface area contributed by atoms with Crippen molar-refractivity contribution in [3.05, 3.63) is 86.3 Å². The number of aromatic nitrogens is 2. The predicted molar refractivity (Wildman–Crippen MR) is 114 cm³/mol. The molecule has 2 aromatic carbocycles. The second-order valence-electron chi connectivity index (χ2n) is 6.44. The minimum Gasteiger partial charge on any atom is -0.266 e. The number of halogens is 2. The van der Waals surface area contributed by atoms with E-state index in [0.29, 0.717) is 12.2 Å². The van der Waals surface area contributed by atoms with Crippen LogP contribution in [0, 0.1) is 6.92 Å². The lowest BCUT2D eigenvalue weighted by Crippen LogP contribution is -2.30. The summed E-state index contributed by atoms with van der Waals surface area (Å²) in [4.78, 5) is 12.3. The number of sulfonamides is 1. The third-order valence-electron chi connectivity index (χ3n) is 4.39. The SMILES string of the molecule is CCN(Cc1cccc(C)c1)S(=O)(=O)c1ccc(-n2ncc(Cl)c(Cl)c2=O)cc1. The molecule has 1 aromatic heterocycles. The Labute approximate surface area is 179 Å². The standard InChI is InChI=1S/C20H19Cl2N3O3S/c1-3-24(13-15-6-4-5-14(2)11-15)29(27,28)17-9-7-16(8-10-17)25-20(26)19(22)18(21)12-23-25/h4-12H,3,13H2,1-2H3. The Morgan fingerprint density at radius 2 is 1.79 bits per heavy atom. The van der Waals surface area contributed by atoms with Crippen molar-refractivity contribution in [2.75, 3.05) is 6.54 Å². The molecule has 3 rings (SSSR count). The maximum absolute atomic E-state index is 13.1. The highest BCUT2D eigenvalue weighted by Crippen LogP contribution is 2.21. The average Bonchev–Trinajstić information content (AvgIpc) is 2.70. The zero-order chi connectivity index (χ0) is 21.2. The van der Waals surface area contributed by atoms with Gasteiger partial charge in [0.15, 0.2) is 0 Å². The predicted octanol–water partition coefficient (Wildman–Crippen LogP) is 4.06. The highest BCUT2D eigenvalue weighted by molar-refractivity contribution is 7.89. The zero-order valence-corrected chi connectivity index (χ0v) is 18.2. The zero-order valence-electron chi connectivity index (χ0n) is 15.8. The summed E-state index contributed by atoms with van der Waals surface area (Å²) in [6, 6.07) is 13.6. The van der Waals surface area contributed by atoms with Crippen molar-refractivity contribution >= 4 is 33.2 Å². The first-order chi connectivity index (χ1) is 13.7. The van der Waals surface area contributed by atoms with Gasteiger partial charge in [0.05, 0.1) is 21.8 Å².